The second-order valence-corrected chi connectivity index (χ2v) is 7.76. The summed E-state index contributed by atoms with van der Waals surface area (Å²) in [4.78, 5) is 24.7. The number of nitrogens with zero attached hydrogens (tertiary/aromatic N) is 4. The number of imidazole rings is 1. The summed E-state index contributed by atoms with van der Waals surface area (Å²) in [6.45, 7) is 5.53. The van der Waals surface area contributed by atoms with Crippen molar-refractivity contribution in [1.29, 1.82) is 0 Å². The van der Waals surface area contributed by atoms with E-state index in [9.17, 15) is 9.18 Å². The van der Waals surface area contributed by atoms with Gasteiger partial charge in [-0.3, -0.25) is 4.79 Å². The lowest BCUT2D eigenvalue weighted by Crippen LogP contribution is -2.30. The van der Waals surface area contributed by atoms with Gasteiger partial charge in [0.15, 0.2) is 17.2 Å². The zero-order chi connectivity index (χ0) is 21.3. The normalized spacial score (nSPS) is 13.7. The van der Waals surface area contributed by atoms with Crippen LogP contribution in [0.15, 0.2) is 24.3 Å². The quantitative estimate of drug-likeness (QED) is 0.630. The molecule has 0 fully saturated rings. The van der Waals surface area contributed by atoms with Crippen molar-refractivity contribution in [2.75, 3.05) is 13.7 Å². The van der Waals surface area contributed by atoms with Crippen LogP contribution >= 0.6 is 0 Å². The summed E-state index contributed by atoms with van der Waals surface area (Å²) in [6, 6.07) is 6.60. The molecule has 0 atom stereocenters. The van der Waals surface area contributed by atoms with Crippen LogP contribution in [0.1, 0.15) is 53.6 Å². The van der Waals surface area contributed by atoms with Crippen molar-refractivity contribution in [3.8, 4) is 5.75 Å². The Morgan fingerprint density at radius 1 is 1.23 bits per heavy atom. The maximum absolute atomic E-state index is 14.1. The van der Waals surface area contributed by atoms with Gasteiger partial charge in [-0.05, 0) is 50.5 Å². The first-order valence-corrected chi connectivity index (χ1v) is 10.5. The summed E-state index contributed by atoms with van der Waals surface area (Å²) in [7, 11) is 1.43. The molecule has 0 unspecified atom stereocenters. The molecule has 1 aliphatic heterocycles. The summed E-state index contributed by atoms with van der Waals surface area (Å²) in [5.74, 6) is 0.657. The molecular formula is C23H27FN4O2. The number of ether oxygens (including phenoxy) is 1. The fourth-order valence-corrected chi connectivity index (χ4v) is 4.10. The third-order valence-corrected chi connectivity index (χ3v) is 5.68. The number of fused-ring (bicyclic) bond motifs is 3. The van der Waals surface area contributed by atoms with E-state index in [-0.39, 0.29) is 11.7 Å². The fourth-order valence-electron chi connectivity index (χ4n) is 4.10. The Morgan fingerprint density at radius 3 is 2.80 bits per heavy atom. The van der Waals surface area contributed by atoms with Crippen molar-refractivity contribution < 1.29 is 13.9 Å². The molecule has 158 valence electrons. The summed E-state index contributed by atoms with van der Waals surface area (Å²) >= 11 is 0. The van der Waals surface area contributed by atoms with Gasteiger partial charge < -0.3 is 14.2 Å². The highest BCUT2D eigenvalue weighted by molar-refractivity contribution is 6.04. The molecule has 0 aliphatic carbocycles. The third kappa shape index (κ3) is 3.76. The second kappa shape index (κ2) is 8.42. The molecule has 0 saturated heterocycles. The van der Waals surface area contributed by atoms with E-state index in [0.29, 0.717) is 29.7 Å². The van der Waals surface area contributed by atoms with Crippen molar-refractivity contribution in [3.05, 3.63) is 52.7 Å². The molecule has 0 radical (unpaired) electrons. The lowest BCUT2D eigenvalue weighted by molar-refractivity contribution is 0.0754. The molecule has 30 heavy (non-hydrogen) atoms. The molecule has 1 aliphatic rings. The number of pyridine rings is 1. The molecule has 0 saturated carbocycles. The topological polar surface area (TPSA) is 60.2 Å². The minimum Gasteiger partial charge on any atom is -0.494 e. The molecule has 1 aromatic carbocycles. The van der Waals surface area contributed by atoms with Crippen LogP contribution in [0.4, 0.5) is 4.39 Å². The van der Waals surface area contributed by atoms with E-state index in [1.54, 1.807) is 17.0 Å². The number of methoxy groups -OCH3 is 1. The number of hydrogen-bond donors (Lipinski definition) is 0. The molecule has 7 heteroatoms. The highest BCUT2D eigenvalue weighted by Crippen LogP contribution is 2.26. The Balaban J connectivity index is 1.69. The van der Waals surface area contributed by atoms with Gasteiger partial charge in [-0.2, -0.15) is 0 Å². The van der Waals surface area contributed by atoms with Gasteiger partial charge in [0.2, 0.25) is 0 Å². The maximum atomic E-state index is 14.1. The molecule has 3 aromatic rings. The number of rotatable bonds is 5. The maximum Gasteiger partial charge on any atom is 0.256 e. The first-order valence-electron chi connectivity index (χ1n) is 10.5. The van der Waals surface area contributed by atoms with Crippen LogP contribution < -0.4 is 4.74 Å². The van der Waals surface area contributed by atoms with Crippen molar-refractivity contribution in [3.63, 3.8) is 0 Å². The first kappa shape index (κ1) is 20.3. The van der Waals surface area contributed by atoms with Crippen LogP contribution in [-0.2, 0) is 19.5 Å². The number of amides is 1. The largest absolute Gasteiger partial charge is 0.494 e. The van der Waals surface area contributed by atoms with Gasteiger partial charge in [0.1, 0.15) is 11.3 Å². The number of carbonyl (C=O) groups excluding carboxylic acids is 1. The van der Waals surface area contributed by atoms with Crippen LogP contribution in [0.3, 0.4) is 0 Å². The van der Waals surface area contributed by atoms with Gasteiger partial charge in [0.25, 0.3) is 5.91 Å². The second-order valence-electron chi connectivity index (χ2n) is 7.76. The fraction of sp³-hybridized carbons (Fsp3) is 0.435. The molecule has 1 amide bonds. The lowest BCUT2D eigenvalue weighted by Gasteiger charge is -2.21. The van der Waals surface area contributed by atoms with Crippen LogP contribution in [0.2, 0.25) is 0 Å². The van der Waals surface area contributed by atoms with E-state index in [1.807, 2.05) is 19.9 Å². The zero-order valence-electron chi connectivity index (χ0n) is 17.7. The van der Waals surface area contributed by atoms with Gasteiger partial charge in [0.05, 0.1) is 12.7 Å². The van der Waals surface area contributed by atoms with Crippen LogP contribution in [-0.4, -0.2) is 39.0 Å². The van der Waals surface area contributed by atoms with Crippen LogP contribution in [0, 0.1) is 12.7 Å². The Morgan fingerprint density at radius 2 is 2.07 bits per heavy atom. The van der Waals surface area contributed by atoms with Gasteiger partial charge in [-0.1, -0.05) is 12.5 Å². The van der Waals surface area contributed by atoms with Gasteiger partial charge >= 0.3 is 0 Å². The molecule has 2 aromatic heterocycles. The SMILES string of the molecule is CCN(Cc1ccc(OC)c(F)c1)C(=O)c1cc(C)nc2c1nc1n2CCCCC1. The van der Waals surface area contributed by atoms with Crippen LogP contribution in [0.25, 0.3) is 11.2 Å². The molecule has 3 heterocycles. The standard InChI is InChI=1S/C23H27FN4O2/c1-4-27(14-16-9-10-19(30-3)18(24)13-16)23(29)17-12-15(2)25-22-21(17)26-20-8-6-5-7-11-28(20)22/h9-10,12-13H,4-8,11,14H2,1-3H3. The summed E-state index contributed by atoms with van der Waals surface area (Å²) in [5.41, 5.74) is 3.54. The molecule has 0 N–H and O–H groups in total. The smallest absolute Gasteiger partial charge is 0.256 e. The predicted molar refractivity (Wildman–Crippen MR) is 113 cm³/mol. The Labute approximate surface area is 175 Å². The van der Waals surface area contributed by atoms with E-state index in [0.717, 1.165) is 43.0 Å². The lowest BCUT2D eigenvalue weighted by atomic mass is 10.1. The highest BCUT2D eigenvalue weighted by Gasteiger charge is 2.24. The Kier molecular flexibility index (Phi) is 5.70. The van der Waals surface area contributed by atoms with E-state index >= 15 is 0 Å². The Hall–Kier alpha value is -2.96. The van der Waals surface area contributed by atoms with Gasteiger partial charge in [-0.25, -0.2) is 14.4 Å². The average Bonchev–Trinajstić information content (AvgIpc) is 2.92. The summed E-state index contributed by atoms with van der Waals surface area (Å²) < 4.78 is 21.3. The van der Waals surface area contributed by atoms with Crippen LogP contribution in [0.5, 0.6) is 5.75 Å². The number of aromatic nitrogens is 3. The van der Waals surface area contributed by atoms with Gasteiger partial charge in [0, 0.05) is 31.7 Å². The summed E-state index contributed by atoms with van der Waals surface area (Å²) in [6.07, 6.45) is 4.30. The van der Waals surface area contributed by atoms with E-state index in [2.05, 4.69) is 4.57 Å². The first-order chi connectivity index (χ1) is 14.5. The number of hydrogen-bond acceptors (Lipinski definition) is 4. The minimum atomic E-state index is -0.432. The van der Waals surface area contributed by atoms with Crippen molar-refractivity contribution in [2.45, 2.75) is 52.6 Å². The Bertz CT molecular complexity index is 1090. The highest BCUT2D eigenvalue weighted by atomic mass is 19.1. The number of carbonyl (C=O) groups is 1. The van der Waals surface area contributed by atoms with Crippen molar-refractivity contribution >= 4 is 17.1 Å². The van der Waals surface area contributed by atoms with Crippen molar-refractivity contribution in [2.24, 2.45) is 0 Å². The molecule has 6 nitrogen and oxygen atoms in total. The van der Waals surface area contributed by atoms with Gasteiger partial charge in [-0.15, -0.1) is 0 Å². The van der Waals surface area contributed by atoms with E-state index in [4.69, 9.17) is 14.7 Å². The average molecular weight is 410 g/mol. The monoisotopic (exact) mass is 410 g/mol. The molecule has 4 rings (SSSR count). The summed E-state index contributed by atoms with van der Waals surface area (Å²) in [5, 5.41) is 0. The van der Waals surface area contributed by atoms with E-state index < -0.39 is 5.82 Å². The van der Waals surface area contributed by atoms with Crippen molar-refractivity contribution in [1.82, 2.24) is 19.4 Å². The minimum absolute atomic E-state index is 0.113. The third-order valence-electron chi connectivity index (χ3n) is 5.68. The van der Waals surface area contributed by atoms with E-state index in [1.165, 1.54) is 19.6 Å². The molecular weight excluding hydrogens is 383 g/mol. The number of halogens is 1. The number of benzene rings is 1. The number of aryl methyl sites for hydroxylation is 3. The zero-order valence-corrected chi connectivity index (χ0v) is 17.7. The molecule has 0 bridgehead atoms. The predicted octanol–water partition coefficient (Wildman–Crippen LogP) is 4.28. The molecule has 0 spiro atoms.